The minimum Gasteiger partial charge on any atom is -0.427 e. The summed E-state index contributed by atoms with van der Waals surface area (Å²) in [5, 5.41) is 3.33. The van der Waals surface area contributed by atoms with E-state index in [4.69, 9.17) is 14.3 Å². The largest absolute Gasteiger partial charge is 0.427 e. The summed E-state index contributed by atoms with van der Waals surface area (Å²) >= 11 is 0. The lowest BCUT2D eigenvalue weighted by molar-refractivity contribution is 0.375. The quantitative estimate of drug-likeness (QED) is 0.705. The van der Waals surface area contributed by atoms with E-state index >= 15 is 0 Å². The monoisotopic (exact) mass is 241 g/mol. The van der Waals surface area contributed by atoms with E-state index in [9.17, 15) is 0 Å². The van der Waals surface area contributed by atoms with Gasteiger partial charge in [-0.15, -0.1) is 0 Å². The molecule has 0 radical (unpaired) electrons. The van der Waals surface area contributed by atoms with Gasteiger partial charge in [0.25, 0.3) is 0 Å². The van der Waals surface area contributed by atoms with Gasteiger partial charge in [-0.2, -0.15) is 0 Å². The summed E-state index contributed by atoms with van der Waals surface area (Å²) < 4.78 is 4.82. The molecule has 88 valence electrons. The summed E-state index contributed by atoms with van der Waals surface area (Å²) in [6.07, 6.45) is 2.32. The molecule has 5 heteroatoms. The molecule has 0 aliphatic carbocycles. The summed E-state index contributed by atoms with van der Waals surface area (Å²) in [6, 6.07) is 7.59. The molecule has 1 aliphatic heterocycles. The average Bonchev–Trinajstić information content (AvgIpc) is 2.30. The normalized spacial score (nSPS) is 17.7. The first kappa shape index (κ1) is 11.8. The second-order valence-electron chi connectivity index (χ2n) is 3.94. The van der Waals surface area contributed by atoms with Crippen molar-refractivity contribution in [2.75, 3.05) is 13.1 Å². The van der Waals surface area contributed by atoms with Gasteiger partial charge in [-0.1, -0.05) is 12.1 Å². The van der Waals surface area contributed by atoms with Crippen molar-refractivity contribution in [3.8, 4) is 5.75 Å². The summed E-state index contributed by atoms with van der Waals surface area (Å²) in [6.45, 7) is 2.14. The number of hydrogen-bond donors (Lipinski definition) is 3. The van der Waals surface area contributed by atoms with Gasteiger partial charge in [-0.05, 0) is 49.5 Å². The van der Waals surface area contributed by atoms with Crippen molar-refractivity contribution in [2.45, 2.75) is 18.8 Å². The Balaban J connectivity index is 2.00. The lowest BCUT2D eigenvalue weighted by Crippen LogP contribution is -2.26. The Morgan fingerprint density at radius 3 is 2.31 bits per heavy atom. The number of rotatable bonds is 3. The van der Waals surface area contributed by atoms with Crippen LogP contribution in [0.25, 0.3) is 0 Å². The van der Waals surface area contributed by atoms with E-state index < -0.39 is 8.60 Å². The van der Waals surface area contributed by atoms with E-state index in [0.717, 1.165) is 25.9 Å². The molecule has 16 heavy (non-hydrogen) atoms. The first-order chi connectivity index (χ1) is 7.75. The molecule has 0 saturated carbocycles. The zero-order valence-corrected chi connectivity index (χ0v) is 9.86. The zero-order valence-electron chi connectivity index (χ0n) is 8.97. The summed E-state index contributed by atoms with van der Waals surface area (Å²) in [4.78, 5) is 17.4. The molecule has 0 amide bonds. The maximum absolute atomic E-state index is 8.71. The topological polar surface area (TPSA) is 61.7 Å². The van der Waals surface area contributed by atoms with Crippen molar-refractivity contribution in [3.63, 3.8) is 0 Å². The van der Waals surface area contributed by atoms with Crippen molar-refractivity contribution in [2.24, 2.45) is 0 Å². The summed E-state index contributed by atoms with van der Waals surface area (Å²) in [7, 11) is -2.31. The Hall–Kier alpha value is -0.670. The van der Waals surface area contributed by atoms with Crippen LogP contribution in [-0.4, -0.2) is 22.9 Å². The molecule has 0 atom stereocenters. The molecule has 1 heterocycles. The smallest absolute Gasteiger partial charge is 0.391 e. The molecule has 4 nitrogen and oxygen atoms in total. The second-order valence-corrected chi connectivity index (χ2v) is 4.63. The van der Waals surface area contributed by atoms with Gasteiger partial charge in [0.2, 0.25) is 0 Å². The van der Waals surface area contributed by atoms with Gasteiger partial charge in [0.05, 0.1) is 0 Å². The van der Waals surface area contributed by atoms with E-state index in [-0.39, 0.29) is 0 Å². The van der Waals surface area contributed by atoms with Crippen molar-refractivity contribution in [3.05, 3.63) is 29.8 Å². The summed E-state index contributed by atoms with van der Waals surface area (Å²) in [5.41, 5.74) is 1.30. The number of nitrogens with one attached hydrogen (secondary N) is 1. The molecule has 0 aromatic heterocycles. The first-order valence-electron chi connectivity index (χ1n) is 5.42. The Bertz CT molecular complexity index is 323. The first-order valence-corrected chi connectivity index (χ1v) is 6.59. The van der Waals surface area contributed by atoms with E-state index in [1.807, 2.05) is 12.1 Å². The van der Waals surface area contributed by atoms with Gasteiger partial charge in [0.1, 0.15) is 5.75 Å². The van der Waals surface area contributed by atoms with Gasteiger partial charge in [0, 0.05) is 0 Å². The van der Waals surface area contributed by atoms with Crippen LogP contribution in [-0.2, 0) is 0 Å². The maximum atomic E-state index is 8.71. The Labute approximate surface area is 96.3 Å². The van der Waals surface area contributed by atoms with Crippen molar-refractivity contribution in [1.29, 1.82) is 0 Å². The SMILES string of the molecule is OP(O)Oc1ccc(C2CCNCC2)cc1. The minimum atomic E-state index is -2.31. The van der Waals surface area contributed by atoms with Crippen molar-refractivity contribution < 1.29 is 14.3 Å². The van der Waals surface area contributed by atoms with Gasteiger partial charge in [-0.3, -0.25) is 0 Å². The van der Waals surface area contributed by atoms with Gasteiger partial charge < -0.3 is 19.6 Å². The predicted molar refractivity (Wildman–Crippen MR) is 63.3 cm³/mol. The second kappa shape index (κ2) is 5.60. The van der Waals surface area contributed by atoms with Gasteiger partial charge in [-0.25, -0.2) is 0 Å². The van der Waals surface area contributed by atoms with Crippen LogP contribution in [0.15, 0.2) is 24.3 Å². The standard InChI is InChI=1S/C11H16NO3P/c13-16(14)15-11-3-1-9(2-4-11)10-5-7-12-8-6-10/h1-4,10,12-14H,5-8H2. The maximum Gasteiger partial charge on any atom is 0.391 e. The van der Waals surface area contributed by atoms with Gasteiger partial charge >= 0.3 is 8.60 Å². The van der Waals surface area contributed by atoms with Crippen LogP contribution in [0.5, 0.6) is 5.75 Å². The Kier molecular flexibility index (Phi) is 4.13. The molecule has 0 spiro atoms. The number of piperidine rings is 1. The fourth-order valence-electron chi connectivity index (χ4n) is 2.05. The highest BCUT2D eigenvalue weighted by molar-refractivity contribution is 7.39. The molecule has 1 fully saturated rings. The van der Waals surface area contributed by atoms with Crippen LogP contribution in [0.1, 0.15) is 24.3 Å². The van der Waals surface area contributed by atoms with Crippen LogP contribution < -0.4 is 9.84 Å². The Morgan fingerprint density at radius 1 is 1.12 bits per heavy atom. The summed E-state index contributed by atoms with van der Waals surface area (Å²) in [5.74, 6) is 1.12. The number of hydrogen-bond acceptors (Lipinski definition) is 4. The third-order valence-electron chi connectivity index (χ3n) is 2.88. The molecule has 1 aromatic rings. The van der Waals surface area contributed by atoms with Crippen LogP contribution in [0.3, 0.4) is 0 Å². The van der Waals surface area contributed by atoms with Crippen LogP contribution in [0.4, 0.5) is 0 Å². The highest BCUT2D eigenvalue weighted by Gasteiger charge is 2.15. The van der Waals surface area contributed by atoms with E-state index in [0.29, 0.717) is 11.7 Å². The highest BCUT2D eigenvalue weighted by Crippen LogP contribution is 2.31. The van der Waals surface area contributed by atoms with Crippen LogP contribution >= 0.6 is 8.60 Å². The third kappa shape index (κ3) is 3.16. The fourth-order valence-corrected chi connectivity index (χ4v) is 2.36. The van der Waals surface area contributed by atoms with E-state index in [2.05, 4.69) is 5.32 Å². The fraction of sp³-hybridized carbons (Fsp3) is 0.455. The molecule has 0 bridgehead atoms. The molecule has 3 N–H and O–H groups in total. The molecule has 1 aliphatic rings. The molecule has 0 unspecified atom stereocenters. The van der Waals surface area contributed by atoms with Crippen LogP contribution in [0.2, 0.25) is 0 Å². The third-order valence-corrected chi connectivity index (χ3v) is 3.25. The highest BCUT2D eigenvalue weighted by atomic mass is 31.2. The molecule has 1 saturated heterocycles. The van der Waals surface area contributed by atoms with E-state index in [1.54, 1.807) is 12.1 Å². The van der Waals surface area contributed by atoms with Crippen molar-refractivity contribution in [1.82, 2.24) is 5.32 Å². The lowest BCUT2D eigenvalue weighted by Gasteiger charge is -2.23. The van der Waals surface area contributed by atoms with E-state index in [1.165, 1.54) is 5.56 Å². The van der Waals surface area contributed by atoms with Gasteiger partial charge in [0.15, 0.2) is 0 Å². The lowest BCUT2D eigenvalue weighted by atomic mass is 9.90. The average molecular weight is 241 g/mol. The molecular formula is C11H16NO3P. The predicted octanol–water partition coefficient (Wildman–Crippen LogP) is 1.74. The molecule has 2 rings (SSSR count). The van der Waals surface area contributed by atoms with Crippen LogP contribution in [0, 0.1) is 0 Å². The molecular weight excluding hydrogens is 225 g/mol. The number of benzene rings is 1. The minimum absolute atomic E-state index is 0.508. The zero-order chi connectivity index (χ0) is 11.4. The Morgan fingerprint density at radius 2 is 1.75 bits per heavy atom. The molecule has 1 aromatic carbocycles. The van der Waals surface area contributed by atoms with Crippen molar-refractivity contribution >= 4 is 8.60 Å².